The molecule has 8 nitrogen and oxygen atoms in total. The minimum absolute atomic E-state index is 0.0996. The molecule has 0 atom stereocenters. The monoisotopic (exact) mass is 407 g/mol. The number of aromatic nitrogens is 1. The molecule has 0 spiro atoms. The first-order valence-corrected chi connectivity index (χ1v) is 10.2. The van der Waals surface area contributed by atoms with Gasteiger partial charge in [-0.3, -0.25) is 4.79 Å². The Balaban J connectivity index is 1.59. The van der Waals surface area contributed by atoms with E-state index in [2.05, 4.69) is 10.3 Å². The Bertz CT molecular complexity index is 1050. The first-order valence-electron chi connectivity index (χ1n) is 7.79. The van der Waals surface area contributed by atoms with E-state index in [1.165, 1.54) is 36.6 Å². The fourth-order valence-corrected chi connectivity index (χ4v) is 4.01. The van der Waals surface area contributed by atoms with Gasteiger partial charge in [-0.15, -0.1) is 11.3 Å². The van der Waals surface area contributed by atoms with E-state index in [0.29, 0.717) is 0 Å². The van der Waals surface area contributed by atoms with Crippen molar-refractivity contribution in [3.63, 3.8) is 0 Å². The fraction of sp³-hybridized carbons (Fsp3) is 0.176. The minimum Gasteiger partial charge on any atom is -0.495 e. The number of nitrogens with two attached hydrogens (primary N) is 1. The Hall–Kier alpha value is -2.53. The Morgan fingerprint density at radius 3 is 2.74 bits per heavy atom. The molecule has 0 saturated heterocycles. The SMILES string of the molecule is COc1ccc(NC(=O)COCc2nc3ccccc3s2)cc1S(N)(=O)=O. The lowest BCUT2D eigenvalue weighted by atomic mass is 10.3. The number of amides is 1. The van der Waals surface area contributed by atoms with E-state index in [1.54, 1.807) is 0 Å². The normalized spacial score (nSPS) is 11.5. The zero-order chi connectivity index (χ0) is 19.4. The van der Waals surface area contributed by atoms with E-state index in [4.69, 9.17) is 14.6 Å². The van der Waals surface area contributed by atoms with Crippen molar-refractivity contribution >= 4 is 43.2 Å². The number of sulfonamides is 1. The van der Waals surface area contributed by atoms with E-state index in [1.807, 2.05) is 24.3 Å². The smallest absolute Gasteiger partial charge is 0.250 e. The first kappa shape index (κ1) is 19.2. The fourth-order valence-electron chi connectivity index (χ4n) is 2.39. The molecule has 27 heavy (non-hydrogen) atoms. The largest absolute Gasteiger partial charge is 0.495 e. The predicted octanol–water partition coefficient (Wildman–Crippen LogP) is 2.11. The maximum absolute atomic E-state index is 12.0. The van der Waals surface area contributed by atoms with E-state index in [9.17, 15) is 13.2 Å². The van der Waals surface area contributed by atoms with Crippen LogP contribution < -0.4 is 15.2 Å². The number of anilines is 1. The zero-order valence-corrected chi connectivity index (χ0v) is 16.0. The molecule has 0 fully saturated rings. The quantitative estimate of drug-likeness (QED) is 0.619. The number of primary sulfonamides is 1. The number of carbonyl (C=O) groups excluding carboxylic acids is 1. The number of hydrogen-bond acceptors (Lipinski definition) is 7. The van der Waals surface area contributed by atoms with Crippen molar-refractivity contribution in [2.24, 2.45) is 5.14 Å². The number of para-hydroxylation sites is 1. The van der Waals surface area contributed by atoms with Crippen molar-refractivity contribution in [3.8, 4) is 5.75 Å². The summed E-state index contributed by atoms with van der Waals surface area (Å²) in [6.07, 6.45) is 0. The van der Waals surface area contributed by atoms with Gasteiger partial charge in [0.1, 0.15) is 22.3 Å². The third kappa shape index (κ3) is 4.80. The van der Waals surface area contributed by atoms with Crippen LogP contribution in [-0.4, -0.2) is 33.0 Å². The molecule has 142 valence electrons. The van der Waals surface area contributed by atoms with Gasteiger partial charge >= 0.3 is 0 Å². The summed E-state index contributed by atoms with van der Waals surface area (Å²) < 4.78 is 34.6. The van der Waals surface area contributed by atoms with Crippen LogP contribution >= 0.6 is 11.3 Å². The molecule has 3 aromatic rings. The minimum atomic E-state index is -3.98. The standard InChI is InChI=1S/C17H17N3O5S2/c1-24-13-7-6-11(8-15(13)27(18,22)23)19-16(21)9-25-10-17-20-12-4-2-3-5-14(12)26-17/h2-8H,9-10H2,1H3,(H,19,21)(H2,18,22,23). The Kier molecular flexibility index (Phi) is 5.71. The number of nitrogens with one attached hydrogen (secondary N) is 1. The van der Waals surface area contributed by atoms with E-state index in [-0.39, 0.29) is 29.5 Å². The van der Waals surface area contributed by atoms with Crippen LogP contribution in [0.15, 0.2) is 47.4 Å². The van der Waals surface area contributed by atoms with Gasteiger partial charge in [-0.25, -0.2) is 18.5 Å². The van der Waals surface area contributed by atoms with Crippen molar-refractivity contribution in [2.75, 3.05) is 19.0 Å². The van der Waals surface area contributed by atoms with Gasteiger partial charge in [0.2, 0.25) is 15.9 Å². The van der Waals surface area contributed by atoms with Gasteiger partial charge in [0.15, 0.2) is 0 Å². The average molecular weight is 407 g/mol. The third-order valence-electron chi connectivity index (χ3n) is 3.55. The number of carbonyl (C=O) groups is 1. The number of benzene rings is 2. The van der Waals surface area contributed by atoms with Gasteiger partial charge in [0.05, 0.1) is 23.9 Å². The van der Waals surface area contributed by atoms with Crippen LogP contribution in [0, 0.1) is 0 Å². The van der Waals surface area contributed by atoms with Gasteiger partial charge in [0, 0.05) is 5.69 Å². The molecule has 0 saturated carbocycles. The summed E-state index contributed by atoms with van der Waals surface area (Å²) in [5.74, 6) is -0.329. The molecule has 0 radical (unpaired) electrons. The van der Waals surface area contributed by atoms with Crippen LogP contribution in [0.2, 0.25) is 0 Å². The second-order valence-corrected chi connectivity index (χ2v) is 8.17. The van der Waals surface area contributed by atoms with Crippen molar-refractivity contribution in [2.45, 2.75) is 11.5 Å². The van der Waals surface area contributed by atoms with Crippen LogP contribution in [0.5, 0.6) is 5.75 Å². The molecule has 2 aromatic carbocycles. The highest BCUT2D eigenvalue weighted by atomic mass is 32.2. The summed E-state index contributed by atoms with van der Waals surface area (Å²) in [6.45, 7) is 0.00444. The van der Waals surface area contributed by atoms with Gasteiger partial charge in [0.25, 0.3) is 0 Å². The van der Waals surface area contributed by atoms with Crippen molar-refractivity contribution in [3.05, 3.63) is 47.5 Å². The second-order valence-electron chi connectivity index (χ2n) is 5.53. The van der Waals surface area contributed by atoms with E-state index in [0.717, 1.165) is 15.2 Å². The molecule has 1 amide bonds. The second kappa shape index (κ2) is 8.01. The van der Waals surface area contributed by atoms with E-state index >= 15 is 0 Å². The van der Waals surface area contributed by atoms with E-state index < -0.39 is 15.9 Å². The molecule has 3 N–H and O–H groups in total. The molecule has 1 heterocycles. The lowest BCUT2D eigenvalue weighted by Gasteiger charge is -2.10. The highest BCUT2D eigenvalue weighted by Gasteiger charge is 2.16. The maximum Gasteiger partial charge on any atom is 0.250 e. The van der Waals surface area contributed by atoms with Crippen LogP contribution in [0.1, 0.15) is 5.01 Å². The topological polar surface area (TPSA) is 121 Å². The van der Waals surface area contributed by atoms with Crippen LogP contribution in [0.4, 0.5) is 5.69 Å². The third-order valence-corrected chi connectivity index (χ3v) is 5.49. The van der Waals surface area contributed by atoms with Crippen molar-refractivity contribution < 1.29 is 22.7 Å². The number of ether oxygens (including phenoxy) is 2. The zero-order valence-electron chi connectivity index (χ0n) is 14.3. The van der Waals surface area contributed by atoms with Gasteiger partial charge in [-0.1, -0.05) is 12.1 Å². The Labute approximate surface area is 160 Å². The average Bonchev–Trinajstić information content (AvgIpc) is 3.03. The van der Waals surface area contributed by atoms with Crippen molar-refractivity contribution in [1.82, 2.24) is 4.98 Å². The molecule has 0 aliphatic carbocycles. The molecule has 10 heteroatoms. The molecule has 3 rings (SSSR count). The van der Waals surface area contributed by atoms with Crippen molar-refractivity contribution in [1.29, 1.82) is 0 Å². The summed E-state index contributed by atoms with van der Waals surface area (Å²) in [4.78, 5) is 16.2. The molecule has 1 aromatic heterocycles. The van der Waals surface area contributed by atoms with Crippen LogP contribution in [0.25, 0.3) is 10.2 Å². The number of rotatable bonds is 7. The predicted molar refractivity (Wildman–Crippen MR) is 102 cm³/mol. The molecular formula is C17H17N3O5S2. The van der Waals surface area contributed by atoms with Gasteiger partial charge < -0.3 is 14.8 Å². The lowest BCUT2D eigenvalue weighted by Crippen LogP contribution is -2.19. The van der Waals surface area contributed by atoms with Gasteiger partial charge in [-0.2, -0.15) is 0 Å². The highest BCUT2D eigenvalue weighted by molar-refractivity contribution is 7.89. The molecular weight excluding hydrogens is 390 g/mol. The summed E-state index contributed by atoms with van der Waals surface area (Å²) in [7, 11) is -2.65. The number of hydrogen-bond donors (Lipinski definition) is 2. The molecule has 0 aliphatic heterocycles. The molecule has 0 unspecified atom stereocenters. The number of fused-ring (bicyclic) bond motifs is 1. The van der Waals surface area contributed by atoms with Crippen LogP contribution in [-0.2, 0) is 26.2 Å². The molecule has 0 bridgehead atoms. The maximum atomic E-state index is 12.0. The number of methoxy groups -OCH3 is 1. The molecule has 0 aliphatic rings. The number of nitrogens with zero attached hydrogens (tertiary/aromatic N) is 1. The summed E-state index contributed by atoms with van der Waals surface area (Å²) in [6, 6.07) is 11.9. The Morgan fingerprint density at radius 1 is 1.26 bits per heavy atom. The summed E-state index contributed by atoms with van der Waals surface area (Å²) in [5.41, 5.74) is 1.16. The lowest BCUT2D eigenvalue weighted by molar-refractivity contribution is -0.121. The number of thiazole rings is 1. The highest BCUT2D eigenvalue weighted by Crippen LogP contribution is 2.26. The Morgan fingerprint density at radius 2 is 2.04 bits per heavy atom. The van der Waals surface area contributed by atoms with Crippen LogP contribution in [0.3, 0.4) is 0 Å². The summed E-state index contributed by atoms with van der Waals surface area (Å²) in [5, 5.41) is 8.49. The first-order chi connectivity index (χ1) is 12.9. The summed E-state index contributed by atoms with van der Waals surface area (Å²) >= 11 is 1.50. The van der Waals surface area contributed by atoms with Gasteiger partial charge in [-0.05, 0) is 30.3 Å².